The lowest BCUT2D eigenvalue weighted by Crippen LogP contribution is -2.30. The molecule has 0 spiro atoms. The summed E-state index contributed by atoms with van der Waals surface area (Å²) in [5, 5.41) is 2.85. The summed E-state index contributed by atoms with van der Waals surface area (Å²) in [5.74, 6) is 0.529. The Labute approximate surface area is 226 Å². The van der Waals surface area contributed by atoms with E-state index in [1.54, 1.807) is 23.1 Å². The molecule has 1 fully saturated rings. The Morgan fingerprint density at radius 1 is 1.03 bits per heavy atom. The summed E-state index contributed by atoms with van der Waals surface area (Å²) >= 11 is 6.75. The average molecular weight is 533 g/mol. The lowest BCUT2D eigenvalue weighted by Gasteiger charge is -2.14. The summed E-state index contributed by atoms with van der Waals surface area (Å²) < 4.78 is 11.7. The van der Waals surface area contributed by atoms with Gasteiger partial charge in [-0.25, -0.2) is 0 Å². The minimum atomic E-state index is -0.268. The SMILES string of the molecule is COc1cc(/C=C2\SC(=S)N(CCc3ccccc3)C2=O)ccc1OCC(=O)Nc1cc(C)cc(C)c1. The van der Waals surface area contributed by atoms with Gasteiger partial charge in [-0.1, -0.05) is 66.4 Å². The number of nitrogens with zero attached hydrogens (tertiary/aromatic N) is 1. The van der Waals surface area contributed by atoms with Crippen LogP contribution in [0.4, 0.5) is 5.69 Å². The normalized spacial score (nSPS) is 14.2. The van der Waals surface area contributed by atoms with Gasteiger partial charge in [0.05, 0.1) is 12.0 Å². The number of thiocarbonyl (C=S) groups is 1. The van der Waals surface area contributed by atoms with Crippen molar-refractivity contribution in [1.29, 1.82) is 0 Å². The van der Waals surface area contributed by atoms with Gasteiger partial charge < -0.3 is 14.8 Å². The van der Waals surface area contributed by atoms with E-state index in [1.165, 1.54) is 18.9 Å². The van der Waals surface area contributed by atoms with Crippen molar-refractivity contribution in [3.63, 3.8) is 0 Å². The van der Waals surface area contributed by atoms with E-state index >= 15 is 0 Å². The molecule has 0 aromatic heterocycles. The summed E-state index contributed by atoms with van der Waals surface area (Å²) in [6, 6.07) is 21.2. The fourth-order valence-corrected chi connectivity index (χ4v) is 5.32. The largest absolute Gasteiger partial charge is 0.493 e. The number of hydrogen-bond acceptors (Lipinski definition) is 6. The molecule has 0 aliphatic carbocycles. The fourth-order valence-electron chi connectivity index (χ4n) is 4.01. The van der Waals surface area contributed by atoms with E-state index in [2.05, 4.69) is 5.32 Å². The third-order valence-corrected chi connectivity index (χ3v) is 7.07. The molecule has 1 heterocycles. The monoisotopic (exact) mass is 532 g/mol. The van der Waals surface area contributed by atoms with E-state index in [0.29, 0.717) is 27.3 Å². The first-order valence-corrected chi connectivity index (χ1v) is 13.0. The lowest BCUT2D eigenvalue weighted by molar-refractivity contribution is -0.122. The third-order valence-electron chi connectivity index (χ3n) is 5.69. The number of methoxy groups -OCH3 is 1. The van der Waals surface area contributed by atoms with E-state index in [0.717, 1.165) is 34.4 Å². The first-order valence-electron chi connectivity index (χ1n) is 11.8. The van der Waals surface area contributed by atoms with Crippen LogP contribution in [0.3, 0.4) is 0 Å². The van der Waals surface area contributed by atoms with E-state index in [-0.39, 0.29) is 18.4 Å². The topological polar surface area (TPSA) is 67.9 Å². The first-order chi connectivity index (χ1) is 17.8. The maximum Gasteiger partial charge on any atom is 0.266 e. The molecule has 37 heavy (non-hydrogen) atoms. The highest BCUT2D eigenvalue weighted by atomic mass is 32.2. The summed E-state index contributed by atoms with van der Waals surface area (Å²) in [5.41, 5.74) is 4.80. The van der Waals surface area contributed by atoms with Crippen LogP contribution in [0.25, 0.3) is 6.08 Å². The summed E-state index contributed by atoms with van der Waals surface area (Å²) in [6.07, 6.45) is 2.53. The predicted molar refractivity (Wildman–Crippen MR) is 153 cm³/mol. The Morgan fingerprint density at radius 3 is 2.46 bits per heavy atom. The van der Waals surface area contributed by atoms with Gasteiger partial charge >= 0.3 is 0 Å². The van der Waals surface area contributed by atoms with Gasteiger partial charge in [-0.15, -0.1) is 0 Å². The number of carbonyl (C=O) groups is 2. The molecule has 2 amide bonds. The minimum Gasteiger partial charge on any atom is -0.493 e. The van der Waals surface area contributed by atoms with Crippen molar-refractivity contribution in [2.75, 3.05) is 25.6 Å². The Kier molecular flexibility index (Phi) is 8.63. The summed E-state index contributed by atoms with van der Waals surface area (Å²) in [4.78, 5) is 27.6. The Balaban J connectivity index is 1.39. The van der Waals surface area contributed by atoms with Gasteiger partial charge in [0, 0.05) is 12.2 Å². The van der Waals surface area contributed by atoms with Crippen molar-refractivity contribution in [2.24, 2.45) is 0 Å². The molecule has 0 saturated carbocycles. The van der Waals surface area contributed by atoms with Crippen molar-refractivity contribution < 1.29 is 19.1 Å². The zero-order valence-corrected chi connectivity index (χ0v) is 22.6. The van der Waals surface area contributed by atoms with Crippen LogP contribution in [-0.2, 0) is 16.0 Å². The van der Waals surface area contributed by atoms with Crippen LogP contribution < -0.4 is 14.8 Å². The van der Waals surface area contributed by atoms with Gasteiger partial charge in [-0.05, 0) is 72.9 Å². The highest BCUT2D eigenvalue weighted by molar-refractivity contribution is 8.26. The number of rotatable bonds is 9. The van der Waals surface area contributed by atoms with Gasteiger partial charge in [0.25, 0.3) is 11.8 Å². The molecule has 0 radical (unpaired) electrons. The van der Waals surface area contributed by atoms with Crippen molar-refractivity contribution in [2.45, 2.75) is 20.3 Å². The first kappa shape index (κ1) is 26.4. The molecule has 0 unspecified atom stereocenters. The number of hydrogen-bond donors (Lipinski definition) is 1. The van der Waals surface area contributed by atoms with Crippen molar-refractivity contribution in [3.8, 4) is 11.5 Å². The van der Waals surface area contributed by atoms with Crippen LogP contribution in [0.1, 0.15) is 22.3 Å². The second-order valence-electron chi connectivity index (χ2n) is 8.69. The molecule has 1 aliphatic rings. The summed E-state index contributed by atoms with van der Waals surface area (Å²) in [6.45, 7) is 4.33. The molecular formula is C29H28N2O4S2. The summed E-state index contributed by atoms with van der Waals surface area (Å²) in [7, 11) is 1.53. The molecule has 190 valence electrons. The highest BCUT2D eigenvalue weighted by Crippen LogP contribution is 2.35. The van der Waals surface area contributed by atoms with Gasteiger partial charge in [0.15, 0.2) is 18.1 Å². The predicted octanol–water partition coefficient (Wildman–Crippen LogP) is 5.77. The molecule has 0 bridgehead atoms. The highest BCUT2D eigenvalue weighted by Gasteiger charge is 2.31. The van der Waals surface area contributed by atoms with Gasteiger partial charge in [0.2, 0.25) is 0 Å². The quantitative estimate of drug-likeness (QED) is 0.279. The van der Waals surface area contributed by atoms with E-state index in [4.69, 9.17) is 21.7 Å². The smallest absolute Gasteiger partial charge is 0.266 e. The lowest BCUT2D eigenvalue weighted by atomic mass is 10.1. The number of amides is 2. The van der Waals surface area contributed by atoms with Crippen molar-refractivity contribution >= 4 is 51.9 Å². The van der Waals surface area contributed by atoms with E-state index < -0.39 is 0 Å². The number of benzene rings is 3. The molecule has 6 nitrogen and oxygen atoms in total. The molecule has 4 rings (SSSR count). The van der Waals surface area contributed by atoms with Gasteiger partial charge in [0.1, 0.15) is 4.32 Å². The van der Waals surface area contributed by atoms with Crippen LogP contribution >= 0.6 is 24.0 Å². The van der Waals surface area contributed by atoms with Crippen LogP contribution in [0.15, 0.2) is 71.6 Å². The van der Waals surface area contributed by atoms with Crippen molar-refractivity contribution in [3.05, 3.63) is 93.9 Å². The Bertz CT molecular complexity index is 1340. The zero-order valence-electron chi connectivity index (χ0n) is 20.9. The average Bonchev–Trinajstić information content (AvgIpc) is 3.13. The van der Waals surface area contributed by atoms with Gasteiger partial charge in [-0.2, -0.15) is 0 Å². The van der Waals surface area contributed by atoms with Crippen LogP contribution in [0.2, 0.25) is 0 Å². The Hall–Kier alpha value is -3.62. The molecule has 1 saturated heterocycles. The third kappa shape index (κ3) is 6.99. The molecule has 1 aliphatic heterocycles. The Morgan fingerprint density at radius 2 is 1.76 bits per heavy atom. The maximum atomic E-state index is 13.0. The number of thioether (sulfide) groups is 1. The van der Waals surface area contributed by atoms with Gasteiger partial charge in [-0.3, -0.25) is 14.5 Å². The van der Waals surface area contributed by atoms with Crippen molar-refractivity contribution in [1.82, 2.24) is 4.90 Å². The number of ether oxygens (including phenoxy) is 2. The van der Waals surface area contributed by atoms with Crippen LogP contribution in [0, 0.1) is 13.8 Å². The van der Waals surface area contributed by atoms with Crippen LogP contribution in [-0.4, -0.2) is 41.3 Å². The molecule has 1 N–H and O–H groups in total. The minimum absolute atomic E-state index is 0.103. The van der Waals surface area contributed by atoms with E-state index in [9.17, 15) is 9.59 Å². The maximum absolute atomic E-state index is 13.0. The van der Waals surface area contributed by atoms with E-state index in [1.807, 2.05) is 68.4 Å². The molecule has 0 atom stereocenters. The number of aryl methyl sites for hydroxylation is 2. The number of nitrogens with one attached hydrogen (secondary N) is 1. The molecular weight excluding hydrogens is 504 g/mol. The molecule has 3 aromatic rings. The van der Waals surface area contributed by atoms with Crippen LogP contribution in [0.5, 0.6) is 11.5 Å². The standard InChI is InChI=1S/C29H28N2O4S2/c1-19-13-20(2)15-23(14-19)30-27(32)18-35-24-10-9-22(16-25(24)34-3)17-26-28(33)31(29(36)37-26)12-11-21-7-5-4-6-8-21/h4-10,13-17H,11-12,18H2,1-3H3,(H,30,32)/b26-17-. The number of carbonyl (C=O) groups excluding carboxylic acids is 2. The molecule has 3 aromatic carbocycles. The zero-order chi connectivity index (χ0) is 26.4. The fraction of sp³-hybridized carbons (Fsp3) is 0.207. The second kappa shape index (κ2) is 12.1. The second-order valence-corrected chi connectivity index (χ2v) is 10.4. The molecule has 8 heteroatoms. The number of anilines is 1.